The average Bonchev–Trinajstić information content (AvgIpc) is 3.16. The molecule has 29 heavy (non-hydrogen) atoms. The van der Waals surface area contributed by atoms with Crippen LogP contribution in [0.15, 0.2) is 53.7 Å². The van der Waals surface area contributed by atoms with Gasteiger partial charge >= 0.3 is 0 Å². The molecule has 0 saturated heterocycles. The van der Waals surface area contributed by atoms with E-state index in [1.807, 2.05) is 60.9 Å². The highest BCUT2D eigenvalue weighted by Gasteiger charge is 2.15. The molecule has 3 rings (SSSR count). The molecule has 152 valence electrons. The molecule has 1 N–H and O–H groups in total. The van der Waals surface area contributed by atoms with Crippen molar-refractivity contribution in [3.8, 4) is 22.9 Å². The van der Waals surface area contributed by atoms with Crippen molar-refractivity contribution in [3.63, 3.8) is 0 Å². The highest BCUT2D eigenvalue weighted by atomic mass is 32.2. The summed E-state index contributed by atoms with van der Waals surface area (Å²) in [5.41, 5.74) is 1.65. The molecule has 0 fully saturated rings. The molecular weight excluding hydrogens is 388 g/mol. The topological polar surface area (TPSA) is 78.3 Å². The number of amides is 1. The number of hydrogen-bond acceptors (Lipinski definition) is 6. The standard InChI is InChI=1S/C21H24N4O3S/c1-4-25-20(15-9-11-17(12-10-15)28-5-2)23-24-21(25)29-14-19(26)22-16-7-6-8-18(13-16)27-3/h6-13H,4-5,14H2,1-3H3,(H,22,26). The SMILES string of the molecule is CCOc1ccc(-c2nnc(SCC(=O)Nc3cccc(OC)c3)n2CC)cc1. The minimum atomic E-state index is -0.114. The summed E-state index contributed by atoms with van der Waals surface area (Å²) in [6.07, 6.45) is 0. The van der Waals surface area contributed by atoms with Crippen molar-refractivity contribution in [2.75, 3.05) is 24.8 Å². The molecule has 1 aromatic heterocycles. The zero-order chi connectivity index (χ0) is 20.6. The van der Waals surface area contributed by atoms with Gasteiger partial charge in [-0.25, -0.2) is 0 Å². The molecule has 3 aromatic rings. The van der Waals surface area contributed by atoms with E-state index < -0.39 is 0 Å². The van der Waals surface area contributed by atoms with Gasteiger partial charge in [-0.2, -0.15) is 0 Å². The van der Waals surface area contributed by atoms with E-state index in [0.29, 0.717) is 29.7 Å². The van der Waals surface area contributed by atoms with Gasteiger partial charge in [0.1, 0.15) is 11.5 Å². The monoisotopic (exact) mass is 412 g/mol. The molecule has 0 atom stereocenters. The molecule has 0 aliphatic carbocycles. The number of carbonyl (C=O) groups is 1. The third kappa shape index (κ3) is 5.29. The Morgan fingerprint density at radius 3 is 2.59 bits per heavy atom. The third-order valence-electron chi connectivity index (χ3n) is 4.14. The second-order valence-corrected chi connectivity index (χ2v) is 7.02. The number of carbonyl (C=O) groups excluding carboxylic acids is 1. The van der Waals surface area contributed by atoms with Crippen molar-refractivity contribution in [2.45, 2.75) is 25.5 Å². The Morgan fingerprint density at radius 2 is 1.90 bits per heavy atom. The van der Waals surface area contributed by atoms with Gasteiger partial charge in [-0.1, -0.05) is 17.8 Å². The van der Waals surface area contributed by atoms with Gasteiger partial charge in [0.25, 0.3) is 0 Å². The Bertz CT molecular complexity index is 957. The second-order valence-electron chi connectivity index (χ2n) is 6.08. The van der Waals surface area contributed by atoms with E-state index in [0.717, 1.165) is 17.1 Å². The maximum absolute atomic E-state index is 12.3. The van der Waals surface area contributed by atoms with Crippen LogP contribution in [0.25, 0.3) is 11.4 Å². The summed E-state index contributed by atoms with van der Waals surface area (Å²) in [7, 11) is 1.59. The van der Waals surface area contributed by atoms with Gasteiger partial charge in [0.2, 0.25) is 5.91 Å². The molecule has 7 nitrogen and oxygen atoms in total. The number of hydrogen-bond donors (Lipinski definition) is 1. The molecule has 0 unspecified atom stereocenters. The summed E-state index contributed by atoms with van der Waals surface area (Å²) in [5, 5.41) is 12.2. The molecule has 8 heteroatoms. The zero-order valence-corrected chi connectivity index (χ0v) is 17.5. The number of anilines is 1. The van der Waals surface area contributed by atoms with Crippen molar-refractivity contribution in [2.24, 2.45) is 0 Å². The molecule has 0 radical (unpaired) electrons. The lowest BCUT2D eigenvalue weighted by atomic mass is 10.2. The summed E-state index contributed by atoms with van der Waals surface area (Å²) in [6, 6.07) is 15.0. The summed E-state index contributed by atoms with van der Waals surface area (Å²) in [5.74, 6) is 2.41. The molecular formula is C21H24N4O3S. The Balaban J connectivity index is 1.66. The first-order valence-corrected chi connectivity index (χ1v) is 10.4. The van der Waals surface area contributed by atoms with Crippen LogP contribution in [0.1, 0.15) is 13.8 Å². The number of aromatic nitrogens is 3. The molecule has 1 amide bonds. The van der Waals surface area contributed by atoms with E-state index in [-0.39, 0.29) is 11.7 Å². The van der Waals surface area contributed by atoms with Crippen molar-refractivity contribution in [1.82, 2.24) is 14.8 Å². The number of ether oxygens (including phenoxy) is 2. The maximum Gasteiger partial charge on any atom is 0.234 e. The smallest absolute Gasteiger partial charge is 0.234 e. The largest absolute Gasteiger partial charge is 0.497 e. The first-order chi connectivity index (χ1) is 14.1. The zero-order valence-electron chi connectivity index (χ0n) is 16.7. The highest BCUT2D eigenvalue weighted by molar-refractivity contribution is 7.99. The number of nitrogens with one attached hydrogen (secondary N) is 1. The number of nitrogens with zero attached hydrogens (tertiary/aromatic N) is 3. The Morgan fingerprint density at radius 1 is 1.10 bits per heavy atom. The fourth-order valence-corrected chi connectivity index (χ4v) is 3.59. The van der Waals surface area contributed by atoms with Gasteiger partial charge in [-0.15, -0.1) is 10.2 Å². The van der Waals surface area contributed by atoms with E-state index in [1.165, 1.54) is 11.8 Å². The maximum atomic E-state index is 12.3. The lowest BCUT2D eigenvalue weighted by Crippen LogP contribution is -2.14. The van der Waals surface area contributed by atoms with E-state index in [2.05, 4.69) is 15.5 Å². The summed E-state index contributed by atoms with van der Waals surface area (Å²) in [6.45, 7) is 5.32. The van der Waals surface area contributed by atoms with Gasteiger partial charge in [0, 0.05) is 23.9 Å². The van der Waals surface area contributed by atoms with Crippen LogP contribution in [0.3, 0.4) is 0 Å². The molecule has 0 bridgehead atoms. The number of methoxy groups -OCH3 is 1. The number of rotatable bonds is 9. The van der Waals surface area contributed by atoms with E-state index in [1.54, 1.807) is 13.2 Å². The molecule has 0 aliphatic rings. The Kier molecular flexibility index (Phi) is 7.13. The highest BCUT2D eigenvalue weighted by Crippen LogP contribution is 2.26. The van der Waals surface area contributed by atoms with Crippen molar-refractivity contribution in [1.29, 1.82) is 0 Å². The lowest BCUT2D eigenvalue weighted by Gasteiger charge is -2.09. The van der Waals surface area contributed by atoms with Gasteiger partial charge < -0.3 is 19.4 Å². The van der Waals surface area contributed by atoms with Gasteiger partial charge in [-0.05, 0) is 50.2 Å². The predicted molar refractivity (Wildman–Crippen MR) is 115 cm³/mol. The van der Waals surface area contributed by atoms with Crippen molar-refractivity contribution in [3.05, 3.63) is 48.5 Å². The predicted octanol–water partition coefficient (Wildman–Crippen LogP) is 4.10. The first kappa shape index (κ1) is 20.7. The van der Waals surface area contributed by atoms with Crippen molar-refractivity contribution >= 4 is 23.4 Å². The molecule has 2 aromatic carbocycles. The van der Waals surface area contributed by atoms with Crippen LogP contribution in [0.4, 0.5) is 5.69 Å². The first-order valence-electron chi connectivity index (χ1n) is 9.37. The van der Waals surface area contributed by atoms with E-state index in [9.17, 15) is 4.79 Å². The van der Waals surface area contributed by atoms with Crippen molar-refractivity contribution < 1.29 is 14.3 Å². The summed E-state index contributed by atoms with van der Waals surface area (Å²) < 4.78 is 12.7. The normalized spacial score (nSPS) is 10.6. The van der Waals surface area contributed by atoms with Gasteiger partial charge in [-0.3, -0.25) is 4.79 Å². The van der Waals surface area contributed by atoms with Crippen LogP contribution in [0, 0.1) is 0 Å². The molecule has 1 heterocycles. The van der Waals surface area contributed by atoms with Crippen LogP contribution in [0.2, 0.25) is 0 Å². The quantitative estimate of drug-likeness (QED) is 0.533. The minimum Gasteiger partial charge on any atom is -0.497 e. The number of benzene rings is 2. The fourth-order valence-electron chi connectivity index (χ4n) is 2.79. The van der Waals surface area contributed by atoms with Crippen LogP contribution < -0.4 is 14.8 Å². The number of thioether (sulfide) groups is 1. The van der Waals surface area contributed by atoms with Gasteiger partial charge in [0.05, 0.1) is 19.5 Å². The summed E-state index contributed by atoms with van der Waals surface area (Å²) >= 11 is 1.36. The van der Waals surface area contributed by atoms with Crippen LogP contribution in [-0.2, 0) is 11.3 Å². The van der Waals surface area contributed by atoms with Gasteiger partial charge in [0.15, 0.2) is 11.0 Å². The minimum absolute atomic E-state index is 0.114. The fraction of sp³-hybridized carbons (Fsp3) is 0.286. The molecule has 0 saturated carbocycles. The Labute approximate surface area is 174 Å². The summed E-state index contributed by atoms with van der Waals surface area (Å²) in [4.78, 5) is 12.3. The second kappa shape index (κ2) is 9.97. The Hall–Kier alpha value is -3.00. The van der Waals surface area contributed by atoms with Crippen LogP contribution >= 0.6 is 11.8 Å². The third-order valence-corrected chi connectivity index (χ3v) is 5.11. The van der Waals surface area contributed by atoms with Crippen LogP contribution in [0.5, 0.6) is 11.5 Å². The van der Waals surface area contributed by atoms with E-state index >= 15 is 0 Å². The van der Waals surface area contributed by atoms with Crippen LogP contribution in [-0.4, -0.2) is 40.1 Å². The molecule has 0 aliphatic heterocycles. The average molecular weight is 413 g/mol. The molecule has 0 spiro atoms. The lowest BCUT2D eigenvalue weighted by molar-refractivity contribution is -0.113. The van der Waals surface area contributed by atoms with E-state index in [4.69, 9.17) is 9.47 Å².